The average molecular weight is 1320 g/mol. The van der Waals surface area contributed by atoms with E-state index in [0.29, 0.717) is 5.95 Å². The summed E-state index contributed by atoms with van der Waals surface area (Å²) in [5, 5.41) is 15.9. The van der Waals surface area contributed by atoms with Gasteiger partial charge in [-0.1, -0.05) is 176 Å². The lowest BCUT2D eigenvalue weighted by atomic mass is 9.99. The van der Waals surface area contributed by atoms with Gasteiger partial charge in [-0.15, -0.1) is 34.0 Å². The maximum absolute atomic E-state index is 5.84. The Morgan fingerprint density at radius 3 is 1.01 bits per heavy atom. The Morgan fingerprint density at radius 1 is 0.190 bits per heavy atom. The van der Waals surface area contributed by atoms with Crippen LogP contribution in [0.5, 0.6) is 0 Å². The zero-order valence-corrected chi connectivity index (χ0v) is 56.0. The summed E-state index contributed by atoms with van der Waals surface area (Å²) in [6, 6.07) is 119. The van der Waals surface area contributed by atoms with Crippen LogP contribution in [0.3, 0.4) is 0 Å². The quantitative estimate of drug-likeness (QED) is 0.152. The van der Waals surface area contributed by atoms with E-state index in [1.165, 1.54) is 121 Å². The summed E-state index contributed by atoms with van der Waals surface area (Å²) < 4.78 is 15.0. The van der Waals surface area contributed by atoms with Gasteiger partial charge in [0, 0.05) is 115 Å². The maximum Gasteiger partial charge on any atom is 0.235 e. The van der Waals surface area contributed by atoms with Crippen molar-refractivity contribution in [3.8, 4) is 73.1 Å². The van der Waals surface area contributed by atoms with Gasteiger partial charge in [-0.05, 0) is 190 Å². The van der Waals surface area contributed by atoms with E-state index in [1.54, 1.807) is 0 Å². The summed E-state index contributed by atoms with van der Waals surface area (Å²) in [4.78, 5) is 11.5. The summed E-state index contributed by atoms with van der Waals surface area (Å²) in [5.74, 6) is 0.612. The van der Waals surface area contributed by atoms with Crippen molar-refractivity contribution in [1.29, 1.82) is 0 Å². The topological polar surface area (TPSA) is 40.6 Å². The molecule has 0 N–H and O–H groups in total. The lowest BCUT2D eigenvalue weighted by molar-refractivity contribution is 1.01. The standard InChI is InChI=1S/C92H53N5S3/c1-7-25-79-65(19-1)71-47-56(59-34-42-88-74(50-59)68-22-4-10-28-85(68)98-88)31-39-82(71)95(79)63-18-14-16-55(46-63)54-15-13-17-62(45-54)91-77-53-64(96-80-26-8-2-20-66(80)72-48-57(32-40-83(72)96)60-35-43-89-75(51-60)69-23-5-11-29-86(69)99-89)37-38-78(77)93-92(94-91)97-81-27-9-3-21-67(81)73-49-58(33-41-84(73)97)61-36-44-90-76(52-61)70-24-6-12-30-87(70)100-90/h1-53H. The van der Waals surface area contributed by atoms with Crippen molar-refractivity contribution >= 4 is 171 Å². The zero-order chi connectivity index (χ0) is 65.3. The minimum atomic E-state index is 0.612. The molecule has 0 fully saturated rings. The molecule has 0 amide bonds. The van der Waals surface area contributed by atoms with Crippen LogP contribution in [0.15, 0.2) is 322 Å². The number of nitrogens with zero attached hydrogens (tertiary/aromatic N) is 5. The molecular weight excluding hydrogens is 1270 g/mol. The molecule has 22 rings (SSSR count). The van der Waals surface area contributed by atoms with Crippen molar-refractivity contribution in [3.63, 3.8) is 0 Å². The van der Waals surface area contributed by atoms with Gasteiger partial charge >= 0.3 is 0 Å². The first-order valence-electron chi connectivity index (χ1n) is 33.9. The van der Waals surface area contributed by atoms with Crippen molar-refractivity contribution in [3.05, 3.63) is 322 Å². The molecule has 0 aliphatic carbocycles. The van der Waals surface area contributed by atoms with Gasteiger partial charge in [-0.2, -0.15) is 0 Å². The first-order chi connectivity index (χ1) is 49.5. The van der Waals surface area contributed by atoms with E-state index in [9.17, 15) is 0 Å². The van der Waals surface area contributed by atoms with E-state index in [0.717, 1.165) is 83.0 Å². The molecule has 7 aromatic heterocycles. The van der Waals surface area contributed by atoms with Crippen LogP contribution in [-0.2, 0) is 0 Å². The molecule has 0 spiro atoms. The fourth-order valence-corrected chi connectivity index (χ4v) is 19.4. The molecule has 0 atom stereocenters. The third kappa shape index (κ3) is 8.52. The number of aromatic nitrogens is 5. The summed E-state index contributed by atoms with van der Waals surface area (Å²) in [6.45, 7) is 0. The van der Waals surface area contributed by atoms with Crippen LogP contribution in [0.25, 0.3) is 210 Å². The monoisotopic (exact) mass is 1320 g/mol. The highest BCUT2D eigenvalue weighted by atomic mass is 32.1. The third-order valence-corrected chi connectivity index (χ3v) is 24.3. The molecule has 0 aliphatic heterocycles. The average Bonchev–Trinajstić information content (AvgIpc) is 1.65. The maximum atomic E-state index is 5.84. The van der Waals surface area contributed by atoms with Gasteiger partial charge in [0.25, 0.3) is 0 Å². The van der Waals surface area contributed by atoms with Gasteiger partial charge in [-0.25, -0.2) is 9.97 Å². The minimum absolute atomic E-state index is 0.612. The lowest BCUT2D eigenvalue weighted by Gasteiger charge is -2.15. The normalized spacial score (nSPS) is 12.2. The third-order valence-electron chi connectivity index (χ3n) is 20.8. The second kappa shape index (κ2) is 21.6. The molecule has 22 aromatic rings. The smallest absolute Gasteiger partial charge is 0.235 e. The molecule has 0 saturated carbocycles. The Labute approximate surface area is 584 Å². The molecule has 7 heterocycles. The summed E-state index contributed by atoms with van der Waals surface area (Å²) in [7, 11) is 0. The van der Waals surface area contributed by atoms with Crippen LogP contribution in [0.2, 0.25) is 0 Å². The van der Waals surface area contributed by atoms with E-state index in [2.05, 4.69) is 335 Å². The Morgan fingerprint density at radius 2 is 0.530 bits per heavy atom. The summed E-state index contributed by atoms with van der Waals surface area (Å²) in [6.07, 6.45) is 0. The molecule has 100 heavy (non-hydrogen) atoms. The minimum Gasteiger partial charge on any atom is -0.309 e. The van der Waals surface area contributed by atoms with E-state index < -0.39 is 0 Å². The fourth-order valence-electron chi connectivity index (χ4n) is 16.2. The number of thiophene rings is 3. The number of hydrogen-bond donors (Lipinski definition) is 0. The first-order valence-corrected chi connectivity index (χ1v) is 36.4. The molecule has 0 aliphatic rings. The fraction of sp³-hybridized carbons (Fsp3) is 0. The molecule has 0 radical (unpaired) electrons. The van der Waals surface area contributed by atoms with Crippen LogP contribution < -0.4 is 0 Å². The first kappa shape index (κ1) is 55.8. The zero-order valence-electron chi connectivity index (χ0n) is 53.6. The summed E-state index contributed by atoms with van der Waals surface area (Å²) in [5.41, 5.74) is 20.9. The van der Waals surface area contributed by atoms with Gasteiger partial charge in [0.05, 0.1) is 44.3 Å². The van der Waals surface area contributed by atoms with Crippen molar-refractivity contribution in [1.82, 2.24) is 23.7 Å². The Bertz CT molecular complexity index is 7250. The van der Waals surface area contributed by atoms with Crippen LogP contribution in [0.4, 0.5) is 0 Å². The predicted octanol–water partition coefficient (Wildman–Crippen LogP) is 26.4. The highest BCUT2D eigenvalue weighted by Crippen LogP contribution is 2.45. The SMILES string of the molecule is c1cc(-c2cccc(-n3c4ccccc4c4cc(-c5ccc6sc7ccccc7c6c5)ccc43)c2)cc(-c2nc(-n3c4ccccc4c4cc(-c5ccc6sc7ccccc7c6c5)ccc43)nc3ccc(-n4c5ccccc5c5cc(-c6ccc7sc8ccccc8c7c6)ccc54)cc23)c1. The van der Waals surface area contributed by atoms with Crippen molar-refractivity contribution < 1.29 is 0 Å². The van der Waals surface area contributed by atoms with Crippen molar-refractivity contribution in [2.24, 2.45) is 0 Å². The number of fused-ring (bicyclic) bond motifs is 19. The molecule has 5 nitrogen and oxygen atoms in total. The van der Waals surface area contributed by atoms with Crippen LogP contribution in [0, 0.1) is 0 Å². The van der Waals surface area contributed by atoms with E-state index in [-0.39, 0.29) is 0 Å². The molecule has 0 saturated heterocycles. The van der Waals surface area contributed by atoms with Gasteiger partial charge in [0.15, 0.2) is 0 Å². The summed E-state index contributed by atoms with van der Waals surface area (Å²) >= 11 is 5.57. The van der Waals surface area contributed by atoms with Crippen LogP contribution in [0.1, 0.15) is 0 Å². The second-order valence-corrected chi connectivity index (χ2v) is 29.6. The number of hydrogen-bond acceptors (Lipinski definition) is 5. The van der Waals surface area contributed by atoms with E-state index in [1.807, 2.05) is 34.0 Å². The van der Waals surface area contributed by atoms with Crippen LogP contribution in [-0.4, -0.2) is 23.7 Å². The highest BCUT2D eigenvalue weighted by molar-refractivity contribution is 7.26. The van der Waals surface area contributed by atoms with Crippen molar-refractivity contribution in [2.75, 3.05) is 0 Å². The van der Waals surface area contributed by atoms with Gasteiger partial charge in [0.1, 0.15) is 0 Å². The predicted molar refractivity (Wildman–Crippen MR) is 428 cm³/mol. The van der Waals surface area contributed by atoms with Gasteiger partial charge < -0.3 is 9.13 Å². The Hall–Kier alpha value is -12.3. The van der Waals surface area contributed by atoms with Crippen molar-refractivity contribution in [2.45, 2.75) is 0 Å². The molecule has 0 bridgehead atoms. The lowest BCUT2D eigenvalue weighted by Crippen LogP contribution is -2.04. The largest absolute Gasteiger partial charge is 0.309 e. The number of benzene rings is 15. The molecule has 15 aromatic carbocycles. The number of para-hydroxylation sites is 3. The molecular formula is C92H53N5S3. The molecule has 8 heteroatoms. The van der Waals surface area contributed by atoms with Crippen LogP contribution >= 0.6 is 34.0 Å². The number of rotatable bonds is 8. The second-order valence-electron chi connectivity index (χ2n) is 26.4. The Balaban J connectivity index is 0.702. The highest BCUT2D eigenvalue weighted by Gasteiger charge is 2.23. The molecule has 464 valence electrons. The Kier molecular flexibility index (Phi) is 12.1. The van der Waals surface area contributed by atoms with E-state index >= 15 is 0 Å². The van der Waals surface area contributed by atoms with E-state index in [4.69, 9.17) is 9.97 Å². The van der Waals surface area contributed by atoms with Gasteiger partial charge in [-0.3, -0.25) is 4.57 Å². The van der Waals surface area contributed by atoms with Gasteiger partial charge in [0.2, 0.25) is 5.95 Å². The molecule has 0 unspecified atom stereocenters.